The number of anilines is 1. The molecule has 0 N–H and O–H groups in total. The number of likely N-dealkylation sites (tertiary alicyclic amines) is 1. The highest BCUT2D eigenvalue weighted by molar-refractivity contribution is 7.92. The first kappa shape index (κ1) is 20.4. The summed E-state index contributed by atoms with van der Waals surface area (Å²) in [5.74, 6) is 0.295. The second-order valence-corrected chi connectivity index (χ2v) is 9.56. The van der Waals surface area contributed by atoms with Gasteiger partial charge in [-0.3, -0.25) is 9.10 Å². The number of carbonyl (C=O) groups is 1. The molecule has 1 atom stereocenters. The summed E-state index contributed by atoms with van der Waals surface area (Å²) >= 11 is 0. The second-order valence-electron chi connectivity index (χ2n) is 7.70. The molecule has 3 rings (SSSR count). The standard InChI is InChI=1S/C22H28N2O3S/c1-17-11-12-21(19(3)14-17)24(28(26,27)20-9-5-4-6-10-20)16-22(25)23-13-7-8-18(2)15-23/h4-6,9-12,14,18H,7-8,13,15-16H2,1-3H3. The van der Waals surface area contributed by atoms with Gasteiger partial charge in [-0.1, -0.05) is 42.8 Å². The third kappa shape index (κ3) is 4.38. The predicted octanol–water partition coefficient (Wildman–Crippen LogP) is 3.76. The molecule has 0 aliphatic carbocycles. The molecule has 6 heteroatoms. The van der Waals surface area contributed by atoms with E-state index in [0.717, 1.165) is 24.0 Å². The molecule has 1 fully saturated rings. The third-order valence-electron chi connectivity index (χ3n) is 5.24. The van der Waals surface area contributed by atoms with Crippen LogP contribution in [0.25, 0.3) is 0 Å². The first-order valence-electron chi connectivity index (χ1n) is 9.72. The van der Waals surface area contributed by atoms with E-state index in [-0.39, 0.29) is 17.3 Å². The Morgan fingerprint density at radius 3 is 2.50 bits per heavy atom. The van der Waals surface area contributed by atoms with Gasteiger partial charge in [-0.2, -0.15) is 0 Å². The summed E-state index contributed by atoms with van der Waals surface area (Å²) in [5, 5.41) is 0. The molecular weight excluding hydrogens is 372 g/mol. The molecule has 1 amide bonds. The van der Waals surface area contributed by atoms with Gasteiger partial charge in [0.25, 0.3) is 10.0 Å². The summed E-state index contributed by atoms with van der Waals surface area (Å²) in [6.07, 6.45) is 2.06. The average molecular weight is 401 g/mol. The van der Waals surface area contributed by atoms with Gasteiger partial charge in [0.15, 0.2) is 0 Å². The van der Waals surface area contributed by atoms with E-state index in [2.05, 4.69) is 6.92 Å². The van der Waals surface area contributed by atoms with E-state index in [1.165, 1.54) is 4.31 Å². The van der Waals surface area contributed by atoms with Crippen LogP contribution in [0.5, 0.6) is 0 Å². The number of benzene rings is 2. The molecular formula is C22H28N2O3S. The number of carbonyl (C=O) groups excluding carboxylic acids is 1. The molecule has 1 heterocycles. The van der Waals surface area contributed by atoms with Crippen molar-refractivity contribution in [2.75, 3.05) is 23.9 Å². The summed E-state index contributed by atoms with van der Waals surface area (Å²) < 4.78 is 28.1. The molecule has 0 spiro atoms. The predicted molar refractivity (Wildman–Crippen MR) is 112 cm³/mol. The molecule has 5 nitrogen and oxygen atoms in total. The zero-order valence-electron chi connectivity index (χ0n) is 16.8. The Hall–Kier alpha value is -2.34. The van der Waals surface area contributed by atoms with Crippen LogP contribution < -0.4 is 4.31 Å². The van der Waals surface area contributed by atoms with E-state index in [0.29, 0.717) is 24.7 Å². The van der Waals surface area contributed by atoms with E-state index in [9.17, 15) is 13.2 Å². The lowest BCUT2D eigenvalue weighted by Crippen LogP contribution is -2.46. The van der Waals surface area contributed by atoms with Crippen molar-refractivity contribution in [2.45, 2.75) is 38.5 Å². The monoisotopic (exact) mass is 400 g/mol. The Morgan fingerprint density at radius 2 is 1.86 bits per heavy atom. The van der Waals surface area contributed by atoms with Crippen LogP contribution in [-0.4, -0.2) is 38.9 Å². The molecule has 28 heavy (non-hydrogen) atoms. The number of hydrogen-bond donors (Lipinski definition) is 0. The summed E-state index contributed by atoms with van der Waals surface area (Å²) in [6, 6.07) is 13.9. The fourth-order valence-electron chi connectivity index (χ4n) is 3.74. The van der Waals surface area contributed by atoms with Gasteiger partial charge >= 0.3 is 0 Å². The number of aryl methyl sites for hydroxylation is 2. The summed E-state index contributed by atoms with van der Waals surface area (Å²) in [6.45, 7) is 7.16. The SMILES string of the molecule is Cc1ccc(N(CC(=O)N2CCCC(C)C2)S(=O)(=O)c2ccccc2)c(C)c1. The molecule has 2 aromatic rings. The molecule has 1 unspecified atom stereocenters. The Bertz CT molecular complexity index is 942. The first-order chi connectivity index (χ1) is 13.3. The van der Waals surface area contributed by atoms with Gasteiger partial charge in [-0.25, -0.2) is 8.42 Å². The minimum Gasteiger partial charge on any atom is -0.341 e. The van der Waals surface area contributed by atoms with Gasteiger partial charge in [0, 0.05) is 13.1 Å². The van der Waals surface area contributed by atoms with Crippen LogP contribution in [0.2, 0.25) is 0 Å². The molecule has 1 saturated heterocycles. The molecule has 0 aromatic heterocycles. The van der Waals surface area contributed by atoms with Crippen LogP contribution in [0, 0.1) is 19.8 Å². The van der Waals surface area contributed by atoms with E-state index in [1.54, 1.807) is 41.3 Å². The highest BCUT2D eigenvalue weighted by atomic mass is 32.2. The fraction of sp³-hybridized carbons (Fsp3) is 0.409. The lowest BCUT2D eigenvalue weighted by Gasteiger charge is -2.33. The summed E-state index contributed by atoms with van der Waals surface area (Å²) in [4.78, 5) is 15.0. The molecule has 0 saturated carbocycles. The molecule has 0 radical (unpaired) electrons. The van der Waals surface area contributed by atoms with Gasteiger partial charge in [0.05, 0.1) is 10.6 Å². The maximum Gasteiger partial charge on any atom is 0.264 e. The van der Waals surface area contributed by atoms with E-state index < -0.39 is 10.0 Å². The third-order valence-corrected chi connectivity index (χ3v) is 7.01. The number of rotatable bonds is 5. The van der Waals surface area contributed by atoms with Crippen molar-refractivity contribution in [3.05, 3.63) is 59.7 Å². The van der Waals surface area contributed by atoms with E-state index in [1.807, 2.05) is 26.0 Å². The lowest BCUT2D eigenvalue weighted by atomic mass is 10.0. The number of sulfonamides is 1. The first-order valence-corrected chi connectivity index (χ1v) is 11.2. The largest absolute Gasteiger partial charge is 0.341 e. The fourth-order valence-corrected chi connectivity index (χ4v) is 5.24. The van der Waals surface area contributed by atoms with Gasteiger partial charge < -0.3 is 4.90 Å². The van der Waals surface area contributed by atoms with Gasteiger partial charge in [-0.15, -0.1) is 0 Å². The van der Waals surface area contributed by atoms with Gasteiger partial charge in [0.1, 0.15) is 6.54 Å². The Morgan fingerprint density at radius 1 is 1.14 bits per heavy atom. The van der Waals surface area contributed by atoms with Crippen molar-refractivity contribution in [1.29, 1.82) is 0 Å². The van der Waals surface area contributed by atoms with Gasteiger partial charge in [-0.05, 0) is 56.4 Å². The van der Waals surface area contributed by atoms with Crippen LogP contribution in [0.15, 0.2) is 53.4 Å². The van der Waals surface area contributed by atoms with E-state index in [4.69, 9.17) is 0 Å². The van der Waals surface area contributed by atoms with Crippen LogP contribution in [0.4, 0.5) is 5.69 Å². The van der Waals surface area contributed by atoms with Crippen LogP contribution in [0.1, 0.15) is 30.9 Å². The average Bonchev–Trinajstić information content (AvgIpc) is 2.67. The number of amides is 1. The molecule has 0 bridgehead atoms. The Balaban J connectivity index is 1.98. The molecule has 150 valence electrons. The number of piperidine rings is 1. The number of nitrogens with zero attached hydrogens (tertiary/aromatic N) is 2. The zero-order chi connectivity index (χ0) is 20.3. The van der Waals surface area contributed by atoms with Crippen LogP contribution >= 0.6 is 0 Å². The lowest BCUT2D eigenvalue weighted by molar-refractivity contribution is -0.131. The minimum absolute atomic E-state index is 0.147. The minimum atomic E-state index is -3.85. The van der Waals surface area contributed by atoms with Crippen molar-refractivity contribution in [2.24, 2.45) is 5.92 Å². The zero-order valence-corrected chi connectivity index (χ0v) is 17.6. The van der Waals surface area contributed by atoms with Gasteiger partial charge in [0.2, 0.25) is 5.91 Å². The van der Waals surface area contributed by atoms with Crippen LogP contribution in [0.3, 0.4) is 0 Å². The molecule has 1 aliphatic rings. The smallest absolute Gasteiger partial charge is 0.264 e. The molecule has 1 aliphatic heterocycles. The van der Waals surface area contributed by atoms with Crippen molar-refractivity contribution >= 4 is 21.6 Å². The van der Waals surface area contributed by atoms with Crippen molar-refractivity contribution in [3.8, 4) is 0 Å². The van der Waals surface area contributed by atoms with Crippen molar-refractivity contribution in [3.63, 3.8) is 0 Å². The quantitative estimate of drug-likeness (QED) is 0.768. The highest BCUT2D eigenvalue weighted by Crippen LogP contribution is 2.28. The Kier molecular flexibility index (Phi) is 6.08. The number of hydrogen-bond acceptors (Lipinski definition) is 3. The maximum atomic E-state index is 13.4. The summed E-state index contributed by atoms with van der Waals surface area (Å²) in [5.41, 5.74) is 2.43. The van der Waals surface area contributed by atoms with E-state index >= 15 is 0 Å². The van der Waals surface area contributed by atoms with Crippen molar-refractivity contribution in [1.82, 2.24) is 4.90 Å². The summed E-state index contributed by atoms with van der Waals surface area (Å²) in [7, 11) is -3.85. The Labute approximate surface area is 168 Å². The van der Waals surface area contributed by atoms with Crippen LogP contribution in [-0.2, 0) is 14.8 Å². The molecule has 2 aromatic carbocycles. The maximum absolute atomic E-state index is 13.4. The second kappa shape index (κ2) is 8.35. The topological polar surface area (TPSA) is 57.7 Å². The highest BCUT2D eigenvalue weighted by Gasteiger charge is 2.31. The normalized spacial score (nSPS) is 17.4. The van der Waals surface area contributed by atoms with Crippen molar-refractivity contribution < 1.29 is 13.2 Å².